The van der Waals surface area contributed by atoms with E-state index in [1.165, 1.54) is 11.8 Å². The maximum atomic E-state index is 12.6. The molecule has 156 valence electrons. The first-order chi connectivity index (χ1) is 14.6. The van der Waals surface area contributed by atoms with Gasteiger partial charge in [0, 0.05) is 18.8 Å². The Balaban J connectivity index is 1.52. The average molecular weight is 423 g/mol. The number of ether oxygens (including phenoxy) is 1. The van der Waals surface area contributed by atoms with Crippen LogP contribution >= 0.6 is 11.8 Å². The Labute approximate surface area is 181 Å². The normalized spacial score (nSPS) is 16.1. The standard InChI is InChI=1S/C23H26N4O2S/c1-17-12-13-26(14-17)22(28)16-30-23-25-24-21(27(23)19-9-4-3-5-10-19)15-29-20-11-7-6-8-18(20)2/h3-11,17H,12-16H2,1-2H3. The largest absolute Gasteiger partial charge is 0.485 e. The van der Waals surface area contributed by atoms with Gasteiger partial charge >= 0.3 is 0 Å². The molecule has 0 radical (unpaired) electrons. The molecule has 0 spiro atoms. The van der Waals surface area contributed by atoms with Crippen LogP contribution in [0.1, 0.15) is 24.7 Å². The minimum Gasteiger partial charge on any atom is -0.485 e. The van der Waals surface area contributed by atoms with E-state index in [1.54, 1.807) is 0 Å². The van der Waals surface area contributed by atoms with E-state index in [0.717, 1.165) is 36.5 Å². The predicted octanol–water partition coefficient (Wildman–Crippen LogP) is 4.12. The third kappa shape index (κ3) is 4.67. The van der Waals surface area contributed by atoms with E-state index in [0.29, 0.717) is 29.3 Å². The van der Waals surface area contributed by atoms with E-state index in [1.807, 2.05) is 71.0 Å². The molecule has 1 aliphatic heterocycles. The fourth-order valence-corrected chi connectivity index (χ4v) is 4.44. The van der Waals surface area contributed by atoms with E-state index in [2.05, 4.69) is 17.1 Å². The maximum absolute atomic E-state index is 12.6. The zero-order valence-corrected chi connectivity index (χ0v) is 18.1. The van der Waals surface area contributed by atoms with Gasteiger partial charge in [-0.1, -0.05) is 55.1 Å². The van der Waals surface area contributed by atoms with E-state index in [4.69, 9.17) is 4.74 Å². The van der Waals surface area contributed by atoms with Crippen molar-refractivity contribution in [2.24, 2.45) is 5.92 Å². The Bertz CT molecular complexity index is 1010. The summed E-state index contributed by atoms with van der Waals surface area (Å²) in [6.45, 7) is 6.20. The van der Waals surface area contributed by atoms with Crippen LogP contribution in [0.4, 0.5) is 0 Å². The number of hydrogen-bond acceptors (Lipinski definition) is 5. The van der Waals surface area contributed by atoms with Gasteiger partial charge in [-0.3, -0.25) is 9.36 Å². The number of likely N-dealkylation sites (tertiary alicyclic amines) is 1. The van der Waals surface area contributed by atoms with Gasteiger partial charge in [-0.2, -0.15) is 0 Å². The van der Waals surface area contributed by atoms with Crippen molar-refractivity contribution in [1.82, 2.24) is 19.7 Å². The Hall–Kier alpha value is -2.80. The summed E-state index contributed by atoms with van der Waals surface area (Å²) in [5.41, 5.74) is 2.03. The monoisotopic (exact) mass is 422 g/mol. The number of aryl methyl sites for hydroxylation is 1. The molecule has 6 nitrogen and oxygen atoms in total. The zero-order chi connectivity index (χ0) is 20.9. The SMILES string of the molecule is Cc1ccccc1OCc1nnc(SCC(=O)N2CCC(C)C2)n1-c1ccccc1. The Morgan fingerprint density at radius 2 is 1.90 bits per heavy atom. The van der Waals surface area contributed by atoms with Gasteiger partial charge < -0.3 is 9.64 Å². The molecule has 1 saturated heterocycles. The summed E-state index contributed by atoms with van der Waals surface area (Å²) >= 11 is 1.43. The summed E-state index contributed by atoms with van der Waals surface area (Å²) in [6.07, 6.45) is 1.08. The number of nitrogens with zero attached hydrogens (tertiary/aromatic N) is 4. The van der Waals surface area contributed by atoms with Crippen LogP contribution in [0.15, 0.2) is 59.8 Å². The van der Waals surface area contributed by atoms with Gasteiger partial charge in [0.05, 0.1) is 5.75 Å². The number of carbonyl (C=O) groups excluding carboxylic acids is 1. The second kappa shape index (κ2) is 9.34. The molecule has 1 atom stereocenters. The van der Waals surface area contributed by atoms with Gasteiger partial charge in [-0.15, -0.1) is 10.2 Å². The van der Waals surface area contributed by atoms with Crippen molar-refractivity contribution in [3.63, 3.8) is 0 Å². The molecular formula is C23H26N4O2S. The van der Waals surface area contributed by atoms with Crippen LogP contribution in [0, 0.1) is 12.8 Å². The summed E-state index contributed by atoms with van der Waals surface area (Å²) in [7, 11) is 0. The first-order valence-corrected chi connectivity index (χ1v) is 11.2. The molecule has 2 aromatic carbocycles. The number of carbonyl (C=O) groups is 1. The first kappa shape index (κ1) is 20.5. The van der Waals surface area contributed by atoms with Crippen LogP contribution in [0.2, 0.25) is 0 Å². The van der Waals surface area contributed by atoms with Crippen molar-refractivity contribution in [1.29, 1.82) is 0 Å². The summed E-state index contributed by atoms with van der Waals surface area (Å²) in [5, 5.41) is 9.43. The highest BCUT2D eigenvalue weighted by molar-refractivity contribution is 7.99. The zero-order valence-electron chi connectivity index (χ0n) is 17.3. The van der Waals surface area contributed by atoms with Crippen molar-refractivity contribution < 1.29 is 9.53 Å². The molecule has 0 N–H and O–H groups in total. The summed E-state index contributed by atoms with van der Waals surface area (Å²) in [6, 6.07) is 17.9. The van der Waals surface area contributed by atoms with Gasteiger partial charge in [-0.25, -0.2) is 0 Å². The third-order valence-corrected chi connectivity index (χ3v) is 6.18. The minimum absolute atomic E-state index is 0.157. The van der Waals surface area contributed by atoms with Crippen LogP contribution in [0.3, 0.4) is 0 Å². The molecule has 4 rings (SSSR count). The van der Waals surface area contributed by atoms with Crippen molar-refractivity contribution >= 4 is 17.7 Å². The fourth-order valence-electron chi connectivity index (χ4n) is 3.56. The Kier molecular flexibility index (Phi) is 6.38. The lowest BCUT2D eigenvalue weighted by Gasteiger charge is -2.16. The lowest BCUT2D eigenvalue weighted by molar-refractivity contribution is -0.127. The van der Waals surface area contributed by atoms with Crippen molar-refractivity contribution in [2.45, 2.75) is 32.0 Å². The van der Waals surface area contributed by atoms with E-state index in [9.17, 15) is 4.79 Å². The van der Waals surface area contributed by atoms with Crippen LogP contribution in [-0.2, 0) is 11.4 Å². The minimum atomic E-state index is 0.157. The first-order valence-electron chi connectivity index (χ1n) is 10.2. The molecule has 1 aromatic heterocycles. The molecular weight excluding hydrogens is 396 g/mol. The van der Waals surface area contributed by atoms with Crippen LogP contribution in [0.25, 0.3) is 5.69 Å². The quantitative estimate of drug-likeness (QED) is 0.536. The molecule has 7 heteroatoms. The highest BCUT2D eigenvalue weighted by Gasteiger charge is 2.24. The van der Waals surface area contributed by atoms with E-state index < -0.39 is 0 Å². The van der Waals surface area contributed by atoms with Crippen molar-refractivity contribution in [2.75, 3.05) is 18.8 Å². The molecule has 0 bridgehead atoms. The topological polar surface area (TPSA) is 60.3 Å². The van der Waals surface area contributed by atoms with Crippen molar-refractivity contribution in [3.05, 3.63) is 66.0 Å². The summed E-state index contributed by atoms with van der Waals surface area (Å²) in [5.74, 6) is 2.62. The van der Waals surface area contributed by atoms with Gasteiger partial charge in [0.2, 0.25) is 5.91 Å². The molecule has 0 saturated carbocycles. The number of thioether (sulfide) groups is 1. The lowest BCUT2D eigenvalue weighted by Crippen LogP contribution is -2.30. The predicted molar refractivity (Wildman–Crippen MR) is 118 cm³/mol. The molecule has 1 aliphatic rings. The maximum Gasteiger partial charge on any atom is 0.233 e. The van der Waals surface area contributed by atoms with Gasteiger partial charge in [0.1, 0.15) is 12.4 Å². The molecule has 30 heavy (non-hydrogen) atoms. The third-order valence-electron chi connectivity index (χ3n) is 5.27. The number of aromatic nitrogens is 3. The number of rotatable bonds is 7. The van der Waals surface area contributed by atoms with E-state index in [-0.39, 0.29) is 5.91 Å². The van der Waals surface area contributed by atoms with Gasteiger partial charge in [0.25, 0.3) is 0 Å². The van der Waals surface area contributed by atoms with Crippen molar-refractivity contribution in [3.8, 4) is 11.4 Å². The Morgan fingerprint density at radius 3 is 2.63 bits per heavy atom. The molecule has 3 aromatic rings. The van der Waals surface area contributed by atoms with Crippen LogP contribution in [-0.4, -0.2) is 44.4 Å². The average Bonchev–Trinajstić information content (AvgIpc) is 3.38. The summed E-state index contributed by atoms with van der Waals surface area (Å²) in [4.78, 5) is 14.5. The number of hydrogen-bond donors (Lipinski definition) is 0. The molecule has 2 heterocycles. The van der Waals surface area contributed by atoms with Gasteiger partial charge in [-0.05, 0) is 43.0 Å². The molecule has 0 aliphatic carbocycles. The summed E-state index contributed by atoms with van der Waals surface area (Å²) < 4.78 is 7.98. The lowest BCUT2D eigenvalue weighted by atomic mass is 10.2. The van der Waals surface area contributed by atoms with E-state index >= 15 is 0 Å². The number of para-hydroxylation sites is 2. The van der Waals surface area contributed by atoms with Crippen LogP contribution in [0.5, 0.6) is 5.75 Å². The van der Waals surface area contributed by atoms with Crippen LogP contribution < -0.4 is 4.74 Å². The fraction of sp³-hybridized carbons (Fsp3) is 0.348. The second-order valence-corrected chi connectivity index (χ2v) is 8.59. The highest BCUT2D eigenvalue weighted by atomic mass is 32.2. The Morgan fingerprint density at radius 1 is 1.13 bits per heavy atom. The highest BCUT2D eigenvalue weighted by Crippen LogP contribution is 2.25. The molecule has 1 amide bonds. The molecule has 1 fully saturated rings. The second-order valence-electron chi connectivity index (χ2n) is 7.65. The smallest absolute Gasteiger partial charge is 0.233 e. The number of benzene rings is 2. The number of amides is 1. The molecule has 1 unspecified atom stereocenters. The van der Waals surface area contributed by atoms with Gasteiger partial charge in [0.15, 0.2) is 11.0 Å².